The van der Waals surface area contributed by atoms with E-state index in [1.165, 1.54) is 6.07 Å². The molecule has 3 rings (SSSR count). The van der Waals surface area contributed by atoms with E-state index in [1.54, 1.807) is 6.07 Å². The molecule has 0 radical (unpaired) electrons. The molecule has 6 heteroatoms. The summed E-state index contributed by atoms with van der Waals surface area (Å²) in [6, 6.07) is 5.19. The van der Waals surface area contributed by atoms with Crippen LogP contribution in [0.3, 0.4) is 0 Å². The number of rotatable bonds is 4. The summed E-state index contributed by atoms with van der Waals surface area (Å²) in [5, 5.41) is 0. The van der Waals surface area contributed by atoms with E-state index < -0.39 is 35.0 Å². The molecule has 0 aromatic heterocycles. The van der Waals surface area contributed by atoms with Gasteiger partial charge in [0.15, 0.2) is 17.5 Å². The van der Waals surface area contributed by atoms with E-state index in [2.05, 4.69) is 6.92 Å². The van der Waals surface area contributed by atoms with E-state index in [-0.39, 0.29) is 11.5 Å². The van der Waals surface area contributed by atoms with Gasteiger partial charge in [0.05, 0.1) is 5.56 Å². The first-order valence-corrected chi connectivity index (χ1v) is 9.05. The number of halogens is 4. The van der Waals surface area contributed by atoms with Gasteiger partial charge in [0.1, 0.15) is 11.6 Å². The highest BCUT2D eigenvalue weighted by Crippen LogP contribution is 2.38. The minimum atomic E-state index is -1.65. The molecule has 1 saturated carbocycles. The lowest BCUT2D eigenvalue weighted by atomic mass is 9.77. The molecule has 0 atom stereocenters. The minimum absolute atomic E-state index is 0.0800. The number of esters is 1. The van der Waals surface area contributed by atoms with Crippen LogP contribution in [0, 0.1) is 29.2 Å². The fourth-order valence-corrected chi connectivity index (χ4v) is 3.62. The lowest BCUT2D eigenvalue weighted by Crippen LogP contribution is -2.15. The third kappa shape index (κ3) is 4.31. The van der Waals surface area contributed by atoms with Crippen molar-refractivity contribution in [3.8, 4) is 5.75 Å². The first-order chi connectivity index (χ1) is 12.9. The van der Waals surface area contributed by atoms with E-state index in [9.17, 15) is 22.4 Å². The molecule has 0 bridgehead atoms. The molecule has 144 valence electrons. The summed E-state index contributed by atoms with van der Waals surface area (Å²) in [4.78, 5) is 12.1. The van der Waals surface area contributed by atoms with Gasteiger partial charge < -0.3 is 4.74 Å². The van der Waals surface area contributed by atoms with Crippen LogP contribution >= 0.6 is 0 Å². The second-order valence-electron chi connectivity index (χ2n) is 6.95. The molecule has 0 amide bonds. The molecule has 27 heavy (non-hydrogen) atoms. The molecule has 0 saturated heterocycles. The van der Waals surface area contributed by atoms with Crippen molar-refractivity contribution in [1.82, 2.24) is 0 Å². The van der Waals surface area contributed by atoms with Gasteiger partial charge in [-0.3, -0.25) is 0 Å². The molecule has 2 aromatic rings. The van der Waals surface area contributed by atoms with Crippen molar-refractivity contribution < 1.29 is 27.1 Å². The third-order valence-electron chi connectivity index (χ3n) is 5.27. The SMILES string of the molecule is CCC1CCC(c2ccc(C(=O)Oc3cc(F)c(F)c(F)c3)cc2F)CC1. The molecule has 0 aliphatic heterocycles. The molecular formula is C21H20F4O2. The van der Waals surface area contributed by atoms with Gasteiger partial charge >= 0.3 is 5.97 Å². The van der Waals surface area contributed by atoms with Crippen molar-refractivity contribution in [3.05, 3.63) is 64.7 Å². The maximum absolute atomic E-state index is 14.5. The first-order valence-electron chi connectivity index (χ1n) is 9.05. The first kappa shape index (κ1) is 19.4. The van der Waals surface area contributed by atoms with Gasteiger partial charge in [0, 0.05) is 12.1 Å². The fourth-order valence-electron chi connectivity index (χ4n) is 3.62. The molecule has 1 aliphatic carbocycles. The average molecular weight is 380 g/mol. The summed E-state index contributed by atoms with van der Waals surface area (Å²) >= 11 is 0. The van der Waals surface area contributed by atoms with Crippen LogP contribution in [0.4, 0.5) is 17.6 Å². The molecule has 0 N–H and O–H groups in total. The van der Waals surface area contributed by atoms with Crippen molar-refractivity contribution in [2.75, 3.05) is 0 Å². The number of hydrogen-bond donors (Lipinski definition) is 0. The van der Waals surface area contributed by atoms with E-state index in [1.807, 2.05) is 0 Å². The Hall–Kier alpha value is -2.37. The molecule has 1 fully saturated rings. The zero-order valence-corrected chi connectivity index (χ0v) is 14.9. The maximum atomic E-state index is 14.5. The highest BCUT2D eigenvalue weighted by atomic mass is 19.2. The Morgan fingerprint density at radius 1 is 0.963 bits per heavy atom. The summed E-state index contributed by atoms with van der Waals surface area (Å²) in [5.41, 5.74) is 0.489. The zero-order valence-electron chi connectivity index (χ0n) is 14.9. The van der Waals surface area contributed by atoms with Crippen LogP contribution in [0.1, 0.15) is 60.9 Å². The standard InChI is InChI=1S/C21H20F4O2/c1-2-12-3-5-13(6-4-12)16-8-7-14(9-17(16)22)21(26)27-15-10-18(23)20(25)19(24)11-15/h7-13H,2-6H2,1H3. The van der Waals surface area contributed by atoms with Crippen LogP contribution in [0.5, 0.6) is 5.75 Å². The van der Waals surface area contributed by atoms with Crippen molar-refractivity contribution in [2.24, 2.45) is 5.92 Å². The predicted molar refractivity (Wildman–Crippen MR) is 92.7 cm³/mol. The van der Waals surface area contributed by atoms with Crippen molar-refractivity contribution >= 4 is 5.97 Å². The van der Waals surface area contributed by atoms with Gasteiger partial charge in [-0.25, -0.2) is 22.4 Å². The molecule has 2 nitrogen and oxygen atoms in total. The lowest BCUT2D eigenvalue weighted by molar-refractivity contribution is 0.0733. The molecule has 1 aliphatic rings. The Morgan fingerprint density at radius 2 is 1.59 bits per heavy atom. The van der Waals surface area contributed by atoms with Crippen LogP contribution in [-0.4, -0.2) is 5.97 Å². The van der Waals surface area contributed by atoms with Gasteiger partial charge in [-0.15, -0.1) is 0 Å². The Bertz CT molecular complexity index is 819. The van der Waals surface area contributed by atoms with Crippen molar-refractivity contribution in [3.63, 3.8) is 0 Å². The molecule has 0 heterocycles. The zero-order chi connectivity index (χ0) is 19.6. The van der Waals surface area contributed by atoms with Crippen LogP contribution in [0.25, 0.3) is 0 Å². The fraction of sp³-hybridized carbons (Fsp3) is 0.381. The van der Waals surface area contributed by atoms with E-state index in [0.29, 0.717) is 23.6 Å². The smallest absolute Gasteiger partial charge is 0.343 e. The third-order valence-corrected chi connectivity index (χ3v) is 5.27. The molecular weight excluding hydrogens is 360 g/mol. The minimum Gasteiger partial charge on any atom is -0.423 e. The van der Waals surface area contributed by atoms with Gasteiger partial charge in [0.25, 0.3) is 0 Å². The number of ether oxygens (including phenoxy) is 1. The Balaban J connectivity index is 1.72. The Kier molecular flexibility index (Phi) is 5.82. The van der Waals surface area contributed by atoms with Crippen molar-refractivity contribution in [1.29, 1.82) is 0 Å². The summed E-state index contributed by atoms with van der Waals surface area (Å²) in [6.45, 7) is 2.16. The van der Waals surface area contributed by atoms with E-state index in [0.717, 1.165) is 38.2 Å². The van der Waals surface area contributed by atoms with Crippen LogP contribution in [-0.2, 0) is 0 Å². The van der Waals surface area contributed by atoms with Gasteiger partial charge in [0.2, 0.25) is 0 Å². The number of benzene rings is 2. The van der Waals surface area contributed by atoms with Crippen molar-refractivity contribution in [2.45, 2.75) is 44.9 Å². The van der Waals surface area contributed by atoms with Gasteiger partial charge in [-0.1, -0.05) is 19.4 Å². The predicted octanol–water partition coefficient (Wildman–Crippen LogP) is 6.15. The highest BCUT2D eigenvalue weighted by molar-refractivity contribution is 5.91. The summed E-state index contributed by atoms with van der Waals surface area (Å²) in [6.07, 6.45) is 5.07. The second-order valence-corrected chi connectivity index (χ2v) is 6.95. The van der Waals surface area contributed by atoms with Crippen LogP contribution in [0.2, 0.25) is 0 Å². The van der Waals surface area contributed by atoms with Crippen LogP contribution < -0.4 is 4.74 Å². The van der Waals surface area contributed by atoms with E-state index >= 15 is 0 Å². The topological polar surface area (TPSA) is 26.3 Å². The Morgan fingerprint density at radius 3 is 2.15 bits per heavy atom. The molecule has 0 spiro atoms. The van der Waals surface area contributed by atoms with Crippen LogP contribution in [0.15, 0.2) is 30.3 Å². The average Bonchev–Trinajstić information content (AvgIpc) is 2.66. The quantitative estimate of drug-likeness (QED) is 0.275. The molecule has 2 aromatic carbocycles. The Labute approximate surface area is 155 Å². The molecule has 0 unspecified atom stereocenters. The van der Waals surface area contributed by atoms with Gasteiger partial charge in [-0.2, -0.15) is 0 Å². The largest absolute Gasteiger partial charge is 0.423 e. The summed E-state index contributed by atoms with van der Waals surface area (Å²) < 4.78 is 58.7. The number of carbonyl (C=O) groups excluding carboxylic acids is 1. The number of hydrogen-bond acceptors (Lipinski definition) is 2. The van der Waals surface area contributed by atoms with Gasteiger partial charge in [-0.05, 0) is 55.2 Å². The van der Waals surface area contributed by atoms with E-state index in [4.69, 9.17) is 4.74 Å². The number of carbonyl (C=O) groups is 1. The summed E-state index contributed by atoms with van der Waals surface area (Å²) in [5.74, 6) is -5.74. The normalized spacial score (nSPS) is 19.7. The second kappa shape index (κ2) is 8.11. The monoisotopic (exact) mass is 380 g/mol. The highest BCUT2D eigenvalue weighted by Gasteiger charge is 2.24. The maximum Gasteiger partial charge on any atom is 0.343 e. The summed E-state index contributed by atoms with van der Waals surface area (Å²) in [7, 11) is 0. The lowest BCUT2D eigenvalue weighted by Gasteiger charge is -2.28.